The fraction of sp³-hybridized carbons (Fsp3) is 0.333. The van der Waals surface area contributed by atoms with Crippen molar-refractivity contribution in [3.63, 3.8) is 0 Å². The third-order valence-electron chi connectivity index (χ3n) is 4.82. The lowest BCUT2D eigenvalue weighted by molar-refractivity contribution is 0.172. The van der Waals surface area contributed by atoms with Gasteiger partial charge in [-0.2, -0.15) is 0 Å². The molecule has 132 valence electrons. The van der Waals surface area contributed by atoms with Gasteiger partial charge in [-0.1, -0.05) is 0 Å². The molecule has 0 spiro atoms. The van der Waals surface area contributed by atoms with E-state index in [9.17, 15) is 0 Å². The minimum absolute atomic E-state index is 0.533. The molecule has 26 heavy (non-hydrogen) atoms. The molecular formula is C18H15N3O4S. The molecule has 2 aliphatic rings. The van der Waals surface area contributed by atoms with E-state index in [1.807, 2.05) is 6.20 Å². The highest BCUT2D eigenvalue weighted by atomic mass is 32.1. The molecule has 0 amide bonds. The first kappa shape index (κ1) is 14.4. The first-order valence-corrected chi connectivity index (χ1v) is 9.38. The molecule has 4 aromatic rings. The molecule has 0 saturated heterocycles. The summed E-state index contributed by atoms with van der Waals surface area (Å²) in [5.74, 6) is 2.77. The smallest absolute Gasteiger partial charge is 0.294 e. The molecule has 0 atom stereocenters. The fourth-order valence-corrected chi connectivity index (χ4v) is 4.15. The molecular weight excluding hydrogens is 354 g/mol. The van der Waals surface area contributed by atoms with Crippen LogP contribution in [0, 0.1) is 0 Å². The third-order valence-corrected chi connectivity index (χ3v) is 5.70. The van der Waals surface area contributed by atoms with Crippen molar-refractivity contribution >= 4 is 27.3 Å². The number of ether oxygens (including phenoxy) is 3. The Balaban J connectivity index is 1.54. The Kier molecular flexibility index (Phi) is 2.85. The Morgan fingerprint density at radius 1 is 1.23 bits per heavy atom. The van der Waals surface area contributed by atoms with E-state index in [2.05, 4.69) is 22.2 Å². The van der Waals surface area contributed by atoms with E-state index in [1.54, 1.807) is 11.6 Å². The van der Waals surface area contributed by atoms with Crippen molar-refractivity contribution in [2.24, 2.45) is 0 Å². The summed E-state index contributed by atoms with van der Waals surface area (Å²) in [4.78, 5) is 5.39. The highest BCUT2D eigenvalue weighted by molar-refractivity contribution is 7.18. The average molecular weight is 369 g/mol. The number of rotatable bonds is 3. The van der Waals surface area contributed by atoms with Gasteiger partial charge in [0.2, 0.25) is 10.7 Å². The van der Waals surface area contributed by atoms with Crippen LogP contribution in [0.25, 0.3) is 27.4 Å². The molecule has 1 aromatic carbocycles. The molecule has 7 nitrogen and oxygen atoms in total. The standard InChI is InChI=1S/C18H15N3O4S/c1-22-18-20-21-8-12(19-17(21)26-18)13-7-11-10(9-2-3-9)6-14-16(15(11)25-13)24-5-4-23-14/h6-9H,2-5H2,1H3. The quantitative estimate of drug-likeness (QED) is 0.546. The molecule has 0 radical (unpaired) electrons. The van der Waals surface area contributed by atoms with E-state index in [4.69, 9.17) is 18.6 Å². The summed E-state index contributed by atoms with van der Waals surface area (Å²) in [5, 5.41) is 6.00. The van der Waals surface area contributed by atoms with Crippen LogP contribution in [0.1, 0.15) is 24.3 Å². The molecule has 1 saturated carbocycles. The first-order valence-electron chi connectivity index (χ1n) is 8.57. The normalized spacial score (nSPS) is 16.5. The lowest BCUT2D eigenvalue weighted by Gasteiger charge is -2.19. The average Bonchev–Trinajstić information content (AvgIpc) is 3.11. The van der Waals surface area contributed by atoms with E-state index < -0.39 is 0 Å². The number of hydrogen-bond donors (Lipinski definition) is 0. The van der Waals surface area contributed by atoms with Crippen molar-refractivity contribution in [2.45, 2.75) is 18.8 Å². The van der Waals surface area contributed by atoms with Gasteiger partial charge in [-0.3, -0.25) is 0 Å². The van der Waals surface area contributed by atoms with Crippen LogP contribution in [0.5, 0.6) is 16.7 Å². The summed E-state index contributed by atoms with van der Waals surface area (Å²) < 4.78 is 24.7. The predicted molar refractivity (Wildman–Crippen MR) is 95.6 cm³/mol. The monoisotopic (exact) mass is 369 g/mol. The summed E-state index contributed by atoms with van der Waals surface area (Å²) >= 11 is 1.39. The number of benzene rings is 1. The maximum absolute atomic E-state index is 6.19. The van der Waals surface area contributed by atoms with Crippen LogP contribution in [-0.2, 0) is 0 Å². The van der Waals surface area contributed by atoms with E-state index >= 15 is 0 Å². The zero-order valence-electron chi connectivity index (χ0n) is 14.0. The molecule has 3 aromatic heterocycles. The molecule has 0 unspecified atom stereocenters. The lowest BCUT2D eigenvalue weighted by atomic mass is 10.0. The Morgan fingerprint density at radius 3 is 2.92 bits per heavy atom. The molecule has 8 heteroatoms. The van der Waals surface area contributed by atoms with Gasteiger partial charge in [0.25, 0.3) is 5.19 Å². The van der Waals surface area contributed by atoms with Gasteiger partial charge in [0.05, 0.1) is 13.3 Å². The molecule has 4 heterocycles. The SMILES string of the molecule is COc1nn2cc(-c3cc4c(C5CC5)cc5c(c4o3)OCCO5)nc2s1. The number of imidazole rings is 1. The maximum Gasteiger partial charge on any atom is 0.294 e. The summed E-state index contributed by atoms with van der Waals surface area (Å²) in [5.41, 5.74) is 2.77. The number of methoxy groups -OCH3 is 1. The van der Waals surface area contributed by atoms with E-state index in [0.29, 0.717) is 35.8 Å². The summed E-state index contributed by atoms with van der Waals surface area (Å²) in [6, 6.07) is 4.18. The number of hydrogen-bond acceptors (Lipinski definition) is 7. The van der Waals surface area contributed by atoms with Gasteiger partial charge < -0.3 is 18.6 Å². The Morgan fingerprint density at radius 2 is 2.12 bits per heavy atom. The second-order valence-electron chi connectivity index (χ2n) is 6.54. The van der Waals surface area contributed by atoms with Gasteiger partial charge in [0, 0.05) is 5.39 Å². The summed E-state index contributed by atoms with van der Waals surface area (Å²) in [6.45, 7) is 1.10. The Labute approximate surface area is 152 Å². The van der Waals surface area contributed by atoms with E-state index in [1.165, 1.54) is 29.7 Å². The largest absolute Gasteiger partial charge is 0.486 e. The second kappa shape index (κ2) is 5.14. The highest BCUT2D eigenvalue weighted by Crippen LogP contribution is 2.50. The fourth-order valence-electron chi connectivity index (χ4n) is 3.45. The van der Waals surface area contributed by atoms with Crippen LogP contribution < -0.4 is 14.2 Å². The summed E-state index contributed by atoms with van der Waals surface area (Å²) in [6.07, 6.45) is 4.27. The number of fused-ring (bicyclic) bond motifs is 4. The Bertz CT molecular complexity index is 1120. The van der Waals surface area contributed by atoms with Crippen molar-refractivity contribution in [1.29, 1.82) is 0 Å². The van der Waals surface area contributed by atoms with Gasteiger partial charge in [0.1, 0.15) is 18.9 Å². The molecule has 1 fully saturated rings. The molecule has 0 N–H and O–H groups in total. The number of nitrogens with zero attached hydrogens (tertiary/aromatic N) is 3. The first-order chi connectivity index (χ1) is 12.8. The molecule has 6 rings (SSSR count). The van der Waals surface area contributed by atoms with Gasteiger partial charge in [-0.05, 0) is 47.8 Å². The van der Waals surface area contributed by atoms with E-state index in [0.717, 1.165) is 27.4 Å². The van der Waals surface area contributed by atoms with Gasteiger partial charge in [0.15, 0.2) is 17.1 Å². The van der Waals surface area contributed by atoms with Crippen LogP contribution in [0.4, 0.5) is 0 Å². The van der Waals surface area contributed by atoms with Crippen LogP contribution in [0.15, 0.2) is 22.7 Å². The van der Waals surface area contributed by atoms with Crippen molar-refractivity contribution in [2.75, 3.05) is 20.3 Å². The van der Waals surface area contributed by atoms with Gasteiger partial charge in [-0.15, -0.1) is 5.10 Å². The van der Waals surface area contributed by atoms with E-state index in [-0.39, 0.29) is 0 Å². The van der Waals surface area contributed by atoms with Crippen LogP contribution in [0.3, 0.4) is 0 Å². The molecule has 1 aliphatic heterocycles. The summed E-state index contributed by atoms with van der Waals surface area (Å²) in [7, 11) is 1.60. The van der Waals surface area contributed by atoms with Gasteiger partial charge in [-0.25, -0.2) is 9.50 Å². The third kappa shape index (κ3) is 2.05. The number of furan rings is 1. The van der Waals surface area contributed by atoms with Crippen molar-refractivity contribution in [3.8, 4) is 28.1 Å². The predicted octanol–water partition coefficient (Wildman–Crippen LogP) is 3.86. The minimum atomic E-state index is 0.533. The number of aromatic nitrogens is 3. The van der Waals surface area contributed by atoms with Crippen LogP contribution in [-0.4, -0.2) is 34.9 Å². The maximum atomic E-state index is 6.19. The van der Waals surface area contributed by atoms with Gasteiger partial charge >= 0.3 is 0 Å². The topological polar surface area (TPSA) is 71.0 Å². The highest BCUT2D eigenvalue weighted by Gasteiger charge is 2.31. The lowest BCUT2D eigenvalue weighted by Crippen LogP contribution is -2.15. The van der Waals surface area contributed by atoms with Crippen molar-refractivity contribution in [3.05, 3.63) is 23.9 Å². The van der Waals surface area contributed by atoms with Crippen molar-refractivity contribution in [1.82, 2.24) is 14.6 Å². The molecule has 0 bridgehead atoms. The Hall–Kier alpha value is -2.74. The zero-order chi connectivity index (χ0) is 17.3. The molecule has 1 aliphatic carbocycles. The zero-order valence-corrected chi connectivity index (χ0v) is 14.8. The van der Waals surface area contributed by atoms with Crippen LogP contribution in [0.2, 0.25) is 0 Å². The second-order valence-corrected chi connectivity index (χ2v) is 7.46. The van der Waals surface area contributed by atoms with Crippen LogP contribution >= 0.6 is 11.3 Å². The van der Waals surface area contributed by atoms with Crippen molar-refractivity contribution < 1.29 is 18.6 Å². The minimum Gasteiger partial charge on any atom is -0.486 e.